The molecule has 0 aliphatic rings. The van der Waals surface area contributed by atoms with E-state index in [1.54, 1.807) is 18.4 Å². The predicted molar refractivity (Wildman–Crippen MR) is 93.9 cm³/mol. The van der Waals surface area contributed by atoms with E-state index in [9.17, 15) is 0 Å². The Hall–Kier alpha value is -2.33. The van der Waals surface area contributed by atoms with Gasteiger partial charge in [0.15, 0.2) is 0 Å². The van der Waals surface area contributed by atoms with Gasteiger partial charge in [-0.1, -0.05) is 41.7 Å². The van der Waals surface area contributed by atoms with Gasteiger partial charge in [-0.3, -0.25) is 0 Å². The second-order valence-corrected chi connectivity index (χ2v) is 6.14. The summed E-state index contributed by atoms with van der Waals surface area (Å²) < 4.78 is 5.22. The van der Waals surface area contributed by atoms with Gasteiger partial charge in [0, 0.05) is 25.2 Å². The number of methoxy groups -OCH3 is 1. The van der Waals surface area contributed by atoms with Crippen LogP contribution in [0.25, 0.3) is 21.8 Å². The Morgan fingerprint density at radius 3 is 2.18 bits per heavy atom. The van der Waals surface area contributed by atoms with Crippen LogP contribution in [0.3, 0.4) is 0 Å². The third kappa shape index (κ3) is 2.83. The fourth-order valence-electron chi connectivity index (χ4n) is 2.26. The summed E-state index contributed by atoms with van der Waals surface area (Å²) in [5.74, 6) is 0.858. The summed E-state index contributed by atoms with van der Waals surface area (Å²) in [5.41, 5.74) is 3.28. The largest absolute Gasteiger partial charge is 0.497 e. The number of benzene rings is 2. The Morgan fingerprint density at radius 1 is 0.909 bits per heavy atom. The minimum Gasteiger partial charge on any atom is -0.497 e. The van der Waals surface area contributed by atoms with E-state index in [2.05, 4.69) is 31.1 Å². The highest BCUT2D eigenvalue weighted by Gasteiger charge is 2.15. The van der Waals surface area contributed by atoms with Crippen molar-refractivity contribution >= 4 is 16.3 Å². The Labute approximate surface area is 134 Å². The van der Waals surface area contributed by atoms with Gasteiger partial charge in [-0.15, -0.1) is 0 Å². The number of hydrogen-bond acceptors (Lipinski definition) is 4. The average Bonchev–Trinajstić information content (AvgIpc) is 3.01. The van der Waals surface area contributed by atoms with Crippen molar-refractivity contribution in [3.05, 3.63) is 54.6 Å². The normalized spacial score (nSPS) is 10.5. The van der Waals surface area contributed by atoms with Crippen LogP contribution in [0, 0.1) is 0 Å². The molecule has 0 saturated carbocycles. The monoisotopic (exact) mass is 310 g/mol. The van der Waals surface area contributed by atoms with Crippen molar-refractivity contribution in [2.45, 2.75) is 0 Å². The molecule has 0 unspecified atom stereocenters. The van der Waals surface area contributed by atoms with Gasteiger partial charge in [-0.25, -0.2) is 4.98 Å². The Bertz CT molecular complexity index is 749. The van der Waals surface area contributed by atoms with Crippen LogP contribution in [0.5, 0.6) is 5.75 Å². The zero-order valence-electron chi connectivity index (χ0n) is 12.9. The maximum atomic E-state index is 5.22. The lowest BCUT2D eigenvalue weighted by Gasteiger charge is -2.11. The molecule has 0 aliphatic heterocycles. The molecule has 2 aromatic carbocycles. The van der Waals surface area contributed by atoms with Crippen LogP contribution >= 0.6 is 11.3 Å². The molecule has 0 N–H and O–H groups in total. The molecular formula is C18H18N2OS. The van der Waals surface area contributed by atoms with Crippen LogP contribution in [0.15, 0.2) is 54.6 Å². The number of rotatable bonds is 4. The minimum absolute atomic E-state index is 0.858. The highest BCUT2D eigenvalue weighted by atomic mass is 32.1. The summed E-state index contributed by atoms with van der Waals surface area (Å²) >= 11 is 1.70. The number of nitrogens with zero attached hydrogens (tertiary/aromatic N) is 2. The highest BCUT2D eigenvalue weighted by Crippen LogP contribution is 2.39. The summed E-state index contributed by atoms with van der Waals surface area (Å²) in [7, 11) is 5.78. The Morgan fingerprint density at radius 2 is 1.59 bits per heavy atom. The molecule has 0 atom stereocenters. The second kappa shape index (κ2) is 6.20. The number of hydrogen-bond donors (Lipinski definition) is 0. The molecule has 4 heteroatoms. The van der Waals surface area contributed by atoms with Crippen LogP contribution in [0.4, 0.5) is 5.00 Å². The standard InChI is InChI=1S/C18H18N2OS/c1-20(2)18-16(13-7-5-4-6-8-13)19-17(22-18)14-9-11-15(21-3)12-10-14/h4-12H,1-3H3. The zero-order valence-corrected chi connectivity index (χ0v) is 13.7. The van der Waals surface area contributed by atoms with E-state index in [0.717, 1.165) is 32.6 Å². The summed E-state index contributed by atoms with van der Waals surface area (Å²) in [5, 5.41) is 2.18. The van der Waals surface area contributed by atoms with Gasteiger partial charge in [-0.2, -0.15) is 0 Å². The number of thiazole rings is 1. The van der Waals surface area contributed by atoms with E-state index in [0.29, 0.717) is 0 Å². The van der Waals surface area contributed by atoms with E-state index in [4.69, 9.17) is 9.72 Å². The van der Waals surface area contributed by atoms with Gasteiger partial charge < -0.3 is 9.64 Å². The zero-order chi connectivity index (χ0) is 15.5. The van der Waals surface area contributed by atoms with E-state index in [1.807, 2.05) is 42.5 Å². The molecule has 3 aromatic rings. The fourth-order valence-corrected chi connectivity index (χ4v) is 3.27. The number of anilines is 1. The van der Waals surface area contributed by atoms with Gasteiger partial charge in [-0.05, 0) is 24.3 Å². The first-order chi connectivity index (χ1) is 10.7. The molecule has 0 fully saturated rings. The first-order valence-corrected chi connectivity index (χ1v) is 7.88. The van der Waals surface area contributed by atoms with Gasteiger partial charge in [0.25, 0.3) is 0 Å². The van der Waals surface area contributed by atoms with Crippen LogP contribution < -0.4 is 9.64 Å². The van der Waals surface area contributed by atoms with Gasteiger partial charge in [0.1, 0.15) is 21.5 Å². The van der Waals surface area contributed by atoms with Crippen molar-refractivity contribution in [2.75, 3.05) is 26.1 Å². The predicted octanol–water partition coefficient (Wildman–Crippen LogP) is 4.55. The number of ether oxygens (including phenoxy) is 1. The number of aromatic nitrogens is 1. The van der Waals surface area contributed by atoms with E-state index < -0.39 is 0 Å². The highest BCUT2D eigenvalue weighted by molar-refractivity contribution is 7.19. The van der Waals surface area contributed by atoms with E-state index >= 15 is 0 Å². The molecule has 0 aliphatic carbocycles. The van der Waals surface area contributed by atoms with Crippen LogP contribution in [-0.2, 0) is 0 Å². The van der Waals surface area contributed by atoms with Gasteiger partial charge >= 0.3 is 0 Å². The quantitative estimate of drug-likeness (QED) is 0.707. The summed E-state index contributed by atoms with van der Waals surface area (Å²) in [6.07, 6.45) is 0. The third-order valence-corrected chi connectivity index (χ3v) is 4.67. The van der Waals surface area contributed by atoms with Crippen molar-refractivity contribution in [3.8, 4) is 27.6 Å². The second-order valence-electron chi connectivity index (χ2n) is 5.16. The molecule has 0 bridgehead atoms. The molecule has 3 nitrogen and oxygen atoms in total. The third-order valence-electron chi connectivity index (χ3n) is 3.40. The van der Waals surface area contributed by atoms with Gasteiger partial charge in [0.05, 0.1) is 7.11 Å². The molecule has 3 rings (SSSR count). The van der Waals surface area contributed by atoms with Crippen molar-refractivity contribution in [1.29, 1.82) is 0 Å². The van der Waals surface area contributed by atoms with E-state index in [-0.39, 0.29) is 0 Å². The lowest BCUT2D eigenvalue weighted by atomic mass is 10.1. The SMILES string of the molecule is COc1ccc(-c2nc(-c3ccccc3)c(N(C)C)s2)cc1. The molecular weight excluding hydrogens is 292 g/mol. The molecule has 1 aromatic heterocycles. The molecule has 0 saturated heterocycles. The Kier molecular flexibility index (Phi) is 4.11. The first-order valence-electron chi connectivity index (χ1n) is 7.07. The van der Waals surface area contributed by atoms with Gasteiger partial charge in [0.2, 0.25) is 0 Å². The fraction of sp³-hybridized carbons (Fsp3) is 0.167. The molecule has 22 heavy (non-hydrogen) atoms. The smallest absolute Gasteiger partial charge is 0.126 e. The topological polar surface area (TPSA) is 25.4 Å². The maximum Gasteiger partial charge on any atom is 0.126 e. The van der Waals surface area contributed by atoms with Crippen LogP contribution in [-0.4, -0.2) is 26.2 Å². The minimum atomic E-state index is 0.858. The lowest BCUT2D eigenvalue weighted by Crippen LogP contribution is -2.07. The van der Waals surface area contributed by atoms with Crippen molar-refractivity contribution in [2.24, 2.45) is 0 Å². The molecule has 0 amide bonds. The van der Waals surface area contributed by atoms with Crippen molar-refractivity contribution in [3.63, 3.8) is 0 Å². The van der Waals surface area contributed by atoms with E-state index in [1.165, 1.54) is 0 Å². The average molecular weight is 310 g/mol. The Balaban J connectivity index is 2.06. The molecule has 112 valence electrons. The summed E-state index contributed by atoms with van der Waals surface area (Å²) in [6, 6.07) is 18.3. The first kappa shape index (κ1) is 14.6. The van der Waals surface area contributed by atoms with Crippen molar-refractivity contribution < 1.29 is 4.74 Å². The maximum absolute atomic E-state index is 5.22. The lowest BCUT2D eigenvalue weighted by molar-refractivity contribution is 0.415. The molecule has 0 spiro atoms. The molecule has 1 heterocycles. The van der Waals surface area contributed by atoms with Crippen LogP contribution in [0.1, 0.15) is 0 Å². The summed E-state index contributed by atoms with van der Waals surface area (Å²) in [4.78, 5) is 6.98. The van der Waals surface area contributed by atoms with Crippen LogP contribution in [0.2, 0.25) is 0 Å². The summed E-state index contributed by atoms with van der Waals surface area (Å²) in [6.45, 7) is 0. The van der Waals surface area contributed by atoms with Crippen molar-refractivity contribution in [1.82, 2.24) is 4.98 Å². The molecule has 0 radical (unpaired) electrons.